The minimum Gasteiger partial charge on any atom is -0.305 e. The van der Waals surface area contributed by atoms with Crippen molar-refractivity contribution in [3.05, 3.63) is 92.7 Å². The number of benzene rings is 2. The van der Waals surface area contributed by atoms with Gasteiger partial charge < -0.3 is 5.32 Å². The van der Waals surface area contributed by atoms with E-state index < -0.39 is 16.6 Å². The summed E-state index contributed by atoms with van der Waals surface area (Å²) in [7, 11) is 0. The lowest BCUT2D eigenvalue weighted by atomic mass is 10.2. The third-order valence-electron chi connectivity index (χ3n) is 4.79. The second kappa shape index (κ2) is 8.61. The summed E-state index contributed by atoms with van der Waals surface area (Å²) in [5, 5.41) is 18.8. The molecule has 5 rings (SSSR count). The van der Waals surface area contributed by atoms with Crippen LogP contribution in [0, 0.1) is 15.9 Å². The third kappa shape index (κ3) is 4.09. The highest BCUT2D eigenvalue weighted by Gasteiger charge is 2.20. The molecule has 0 bridgehead atoms. The number of nitrogens with one attached hydrogen (secondary N) is 1. The largest absolute Gasteiger partial charge is 0.324 e. The monoisotopic (exact) mass is 494 g/mol. The summed E-state index contributed by atoms with van der Waals surface area (Å²) < 4.78 is 15.4. The number of carbonyl (C=O) groups is 1. The van der Waals surface area contributed by atoms with E-state index in [2.05, 4.69) is 20.4 Å². The number of carbonyl (C=O) groups excluding carboxylic acids is 1. The van der Waals surface area contributed by atoms with Crippen molar-refractivity contribution in [2.45, 2.75) is 0 Å². The molecule has 0 unspecified atom stereocenters. The van der Waals surface area contributed by atoms with Crippen LogP contribution in [0.5, 0.6) is 0 Å². The van der Waals surface area contributed by atoms with Crippen LogP contribution in [-0.4, -0.2) is 30.6 Å². The maximum atomic E-state index is 13.9. The SMILES string of the molecule is O=C(Nc1nc(-c2cccc(F)c2)nc2c1cnn2-c1cccc(Cl)c1)c1ccc([N+](=O)[O-])s1. The van der Waals surface area contributed by atoms with Gasteiger partial charge in [0.25, 0.3) is 5.91 Å². The molecular formula is C22H12ClFN6O3S. The van der Waals surface area contributed by atoms with E-state index in [1.807, 2.05) is 0 Å². The molecule has 0 radical (unpaired) electrons. The number of hydrogen-bond donors (Lipinski definition) is 1. The molecule has 0 aliphatic rings. The van der Waals surface area contributed by atoms with Crippen molar-refractivity contribution in [1.29, 1.82) is 0 Å². The maximum absolute atomic E-state index is 13.9. The van der Waals surface area contributed by atoms with E-state index in [1.165, 1.54) is 41.2 Å². The van der Waals surface area contributed by atoms with E-state index in [0.717, 1.165) is 11.3 Å². The second-order valence-electron chi connectivity index (χ2n) is 7.03. The van der Waals surface area contributed by atoms with Crippen LogP contribution in [0.4, 0.5) is 15.2 Å². The van der Waals surface area contributed by atoms with Gasteiger partial charge in [-0.2, -0.15) is 5.10 Å². The van der Waals surface area contributed by atoms with Gasteiger partial charge in [-0.05, 0) is 36.4 Å². The third-order valence-corrected chi connectivity index (χ3v) is 6.06. The van der Waals surface area contributed by atoms with Crippen molar-refractivity contribution in [2.24, 2.45) is 0 Å². The Balaban J connectivity index is 1.65. The molecule has 0 saturated heterocycles. The molecule has 1 amide bonds. The van der Waals surface area contributed by atoms with Crippen LogP contribution in [0.2, 0.25) is 5.02 Å². The molecule has 9 nitrogen and oxygen atoms in total. The van der Waals surface area contributed by atoms with Gasteiger partial charge in [0.2, 0.25) is 0 Å². The summed E-state index contributed by atoms with van der Waals surface area (Å²) in [5.74, 6) is -0.776. The van der Waals surface area contributed by atoms with E-state index in [4.69, 9.17) is 11.6 Å². The van der Waals surface area contributed by atoms with Gasteiger partial charge >= 0.3 is 5.00 Å². The zero-order chi connectivity index (χ0) is 23.8. The highest BCUT2D eigenvalue weighted by molar-refractivity contribution is 7.17. The lowest BCUT2D eigenvalue weighted by Crippen LogP contribution is -2.12. The first-order valence-corrected chi connectivity index (χ1v) is 10.9. The van der Waals surface area contributed by atoms with Gasteiger partial charge in [0.05, 0.1) is 27.1 Å². The summed E-state index contributed by atoms with van der Waals surface area (Å²) in [6, 6.07) is 15.3. The first kappa shape index (κ1) is 21.6. The number of hydrogen-bond acceptors (Lipinski definition) is 7. The topological polar surface area (TPSA) is 116 Å². The second-order valence-corrected chi connectivity index (χ2v) is 8.53. The van der Waals surface area contributed by atoms with Gasteiger partial charge in [0.1, 0.15) is 11.6 Å². The predicted octanol–water partition coefficient (Wildman–Crippen LogP) is 5.50. The molecule has 0 aliphatic heterocycles. The average Bonchev–Trinajstić information content (AvgIpc) is 3.47. The maximum Gasteiger partial charge on any atom is 0.324 e. The molecule has 12 heteroatoms. The van der Waals surface area contributed by atoms with Crippen molar-refractivity contribution < 1.29 is 14.1 Å². The predicted molar refractivity (Wildman–Crippen MR) is 126 cm³/mol. The fraction of sp³-hybridized carbons (Fsp3) is 0. The van der Waals surface area contributed by atoms with Crippen LogP contribution < -0.4 is 5.32 Å². The number of halogens is 2. The number of fused-ring (bicyclic) bond motifs is 1. The van der Waals surface area contributed by atoms with Gasteiger partial charge in [-0.25, -0.2) is 19.0 Å². The Kier molecular flexibility index (Phi) is 5.48. The zero-order valence-electron chi connectivity index (χ0n) is 17.0. The molecule has 3 aromatic heterocycles. The summed E-state index contributed by atoms with van der Waals surface area (Å²) in [4.78, 5) is 32.4. The first-order chi connectivity index (χ1) is 16.4. The Morgan fingerprint density at radius 3 is 2.68 bits per heavy atom. The highest BCUT2D eigenvalue weighted by atomic mass is 35.5. The molecule has 0 atom stereocenters. The summed E-state index contributed by atoms with van der Waals surface area (Å²) in [6.45, 7) is 0. The molecule has 2 aromatic carbocycles. The Morgan fingerprint density at radius 1 is 1.12 bits per heavy atom. The average molecular weight is 495 g/mol. The number of thiophene rings is 1. The van der Waals surface area contributed by atoms with E-state index >= 15 is 0 Å². The van der Waals surface area contributed by atoms with Crippen LogP contribution >= 0.6 is 22.9 Å². The Labute approximate surface area is 199 Å². The van der Waals surface area contributed by atoms with Gasteiger partial charge in [0.15, 0.2) is 11.5 Å². The Morgan fingerprint density at radius 2 is 1.94 bits per heavy atom. The van der Waals surface area contributed by atoms with Crippen LogP contribution in [0.3, 0.4) is 0 Å². The number of nitrogens with zero attached hydrogens (tertiary/aromatic N) is 5. The lowest BCUT2D eigenvalue weighted by molar-refractivity contribution is -0.380. The number of rotatable bonds is 5. The molecule has 0 spiro atoms. The lowest BCUT2D eigenvalue weighted by Gasteiger charge is -2.09. The van der Waals surface area contributed by atoms with E-state index in [9.17, 15) is 19.3 Å². The van der Waals surface area contributed by atoms with Crippen LogP contribution in [0.25, 0.3) is 28.1 Å². The summed E-state index contributed by atoms with van der Waals surface area (Å²) in [5.41, 5.74) is 1.37. The smallest absolute Gasteiger partial charge is 0.305 e. The molecule has 3 heterocycles. The van der Waals surface area contributed by atoms with Gasteiger partial charge in [0, 0.05) is 16.7 Å². The molecule has 0 saturated carbocycles. The number of amides is 1. The molecule has 34 heavy (non-hydrogen) atoms. The van der Waals surface area contributed by atoms with Crippen molar-refractivity contribution in [3.8, 4) is 17.1 Å². The van der Waals surface area contributed by atoms with Gasteiger partial charge in [-0.1, -0.05) is 41.1 Å². The number of nitro groups is 1. The normalized spacial score (nSPS) is 11.0. The van der Waals surface area contributed by atoms with Gasteiger partial charge in [-0.15, -0.1) is 0 Å². The fourth-order valence-electron chi connectivity index (χ4n) is 3.27. The van der Waals surface area contributed by atoms with Crippen molar-refractivity contribution in [2.75, 3.05) is 5.32 Å². The van der Waals surface area contributed by atoms with E-state index in [1.54, 1.807) is 30.3 Å². The van der Waals surface area contributed by atoms with Crippen molar-refractivity contribution >= 4 is 50.7 Å². The number of anilines is 1. The van der Waals surface area contributed by atoms with E-state index in [0.29, 0.717) is 27.3 Å². The highest BCUT2D eigenvalue weighted by Crippen LogP contribution is 2.29. The summed E-state index contributed by atoms with van der Waals surface area (Å²) in [6.07, 6.45) is 1.48. The van der Waals surface area contributed by atoms with Crippen LogP contribution in [-0.2, 0) is 0 Å². The minimum absolute atomic E-state index is 0.124. The standard InChI is InChI=1S/C22H12ClFN6O3S/c23-13-4-2-6-15(10-13)29-21-16(11-25-29)20(26-19(27-21)12-3-1-5-14(24)9-12)28-22(31)17-7-8-18(34-17)30(32)33/h1-11H,(H,26,27,28,31). The molecule has 168 valence electrons. The molecule has 5 aromatic rings. The van der Waals surface area contributed by atoms with Crippen molar-refractivity contribution in [3.63, 3.8) is 0 Å². The molecule has 0 fully saturated rings. The quantitative estimate of drug-likeness (QED) is 0.255. The Bertz CT molecular complexity index is 1580. The number of aromatic nitrogens is 4. The van der Waals surface area contributed by atoms with E-state index in [-0.39, 0.29) is 21.5 Å². The van der Waals surface area contributed by atoms with Crippen LogP contribution in [0.15, 0.2) is 66.9 Å². The minimum atomic E-state index is -0.584. The zero-order valence-corrected chi connectivity index (χ0v) is 18.5. The Hall–Kier alpha value is -4.22. The van der Waals surface area contributed by atoms with Crippen LogP contribution in [0.1, 0.15) is 9.67 Å². The molecule has 0 aliphatic carbocycles. The molecular weight excluding hydrogens is 483 g/mol. The summed E-state index contributed by atoms with van der Waals surface area (Å²) >= 11 is 6.87. The first-order valence-electron chi connectivity index (χ1n) is 9.72. The molecule has 1 N–H and O–H groups in total. The fourth-order valence-corrected chi connectivity index (χ4v) is 4.17. The van der Waals surface area contributed by atoms with Crippen molar-refractivity contribution in [1.82, 2.24) is 19.7 Å². The van der Waals surface area contributed by atoms with Gasteiger partial charge in [-0.3, -0.25) is 14.9 Å².